The van der Waals surface area contributed by atoms with Crippen molar-refractivity contribution in [2.75, 3.05) is 20.0 Å². The largest absolute Gasteiger partial charge is 0.493 e. The number of ether oxygens (including phenoxy) is 2. The van der Waals surface area contributed by atoms with Crippen LogP contribution >= 0.6 is 11.8 Å². The molecule has 0 saturated heterocycles. The van der Waals surface area contributed by atoms with E-state index in [-0.39, 0.29) is 12.1 Å². The van der Waals surface area contributed by atoms with E-state index < -0.39 is 0 Å². The fraction of sp³-hybridized carbons (Fsp3) is 0.316. The first-order chi connectivity index (χ1) is 12.2. The van der Waals surface area contributed by atoms with Gasteiger partial charge in [0.2, 0.25) is 0 Å². The molecule has 0 aromatic heterocycles. The Hall–Kier alpha value is -2.34. The third kappa shape index (κ3) is 4.20. The van der Waals surface area contributed by atoms with Gasteiger partial charge in [0.15, 0.2) is 11.5 Å². The molecule has 132 valence electrons. The molecule has 0 saturated carbocycles. The van der Waals surface area contributed by atoms with Crippen molar-refractivity contribution in [1.29, 1.82) is 0 Å². The summed E-state index contributed by atoms with van der Waals surface area (Å²) in [5.41, 5.74) is 2.15. The lowest BCUT2D eigenvalue weighted by molar-refractivity contribution is 0.236. The Bertz CT molecular complexity index is 751. The zero-order chi connectivity index (χ0) is 17.6. The van der Waals surface area contributed by atoms with Crippen LogP contribution in [0, 0.1) is 0 Å². The Labute approximate surface area is 152 Å². The van der Waals surface area contributed by atoms with Crippen LogP contribution in [0.25, 0.3) is 0 Å². The Morgan fingerprint density at radius 2 is 1.96 bits per heavy atom. The summed E-state index contributed by atoms with van der Waals surface area (Å²) in [5, 5.41) is 5.99. The fourth-order valence-corrected chi connectivity index (χ4v) is 4.00. The third-order valence-electron chi connectivity index (χ3n) is 4.16. The van der Waals surface area contributed by atoms with Crippen molar-refractivity contribution in [3.8, 4) is 11.5 Å². The monoisotopic (exact) mass is 358 g/mol. The molecule has 2 amide bonds. The molecule has 2 aromatic rings. The second-order valence-electron chi connectivity index (χ2n) is 5.74. The maximum Gasteiger partial charge on any atom is 0.315 e. The highest BCUT2D eigenvalue weighted by Crippen LogP contribution is 2.35. The smallest absolute Gasteiger partial charge is 0.315 e. The summed E-state index contributed by atoms with van der Waals surface area (Å²) in [5.74, 6) is 2.34. The van der Waals surface area contributed by atoms with Crippen molar-refractivity contribution in [1.82, 2.24) is 10.6 Å². The summed E-state index contributed by atoms with van der Waals surface area (Å²) in [4.78, 5) is 13.5. The van der Waals surface area contributed by atoms with Crippen molar-refractivity contribution in [2.24, 2.45) is 0 Å². The van der Waals surface area contributed by atoms with Crippen molar-refractivity contribution in [2.45, 2.75) is 23.9 Å². The summed E-state index contributed by atoms with van der Waals surface area (Å²) < 4.78 is 10.5. The molecule has 25 heavy (non-hydrogen) atoms. The number of hydrogen-bond donors (Lipinski definition) is 2. The summed E-state index contributed by atoms with van der Waals surface area (Å²) in [6.45, 7) is 0.426. The van der Waals surface area contributed by atoms with E-state index in [1.54, 1.807) is 14.2 Å². The molecule has 1 unspecified atom stereocenters. The van der Waals surface area contributed by atoms with Crippen LogP contribution in [0.5, 0.6) is 11.5 Å². The molecule has 1 atom stereocenters. The van der Waals surface area contributed by atoms with Gasteiger partial charge in [-0.15, -0.1) is 11.8 Å². The maximum absolute atomic E-state index is 12.3. The fourth-order valence-electron chi connectivity index (χ4n) is 2.87. The predicted octanol–water partition coefficient (Wildman–Crippen LogP) is 3.74. The zero-order valence-electron chi connectivity index (χ0n) is 14.4. The van der Waals surface area contributed by atoms with Crippen molar-refractivity contribution >= 4 is 17.8 Å². The number of benzene rings is 2. The minimum absolute atomic E-state index is 0.0582. The van der Waals surface area contributed by atoms with Gasteiger partial charge in [-0.25, -0.2) is 4.79 Å². The molecule has 2 aromatic carbocycles. The normalized spacial score (nSPS) is 15.8. The predicted molar refractivity (Wildman–Crippen MR) is 99.4 cm³/mol. The van der Waals surface area contributed by atoms with E-state index in [1.165, 1.54) is 10.5 Å². The quantitative estimate of drug-likeness (QED) is 0.855. The molecular formula is C19H22N2O3S. The number of rotatable bonds is 5. The first kappa shape index (κ1) is 17.5. The van der Waals surface area contributed by atoms with E-state index >= 15 is 0 Å². The van der Waals surface area contributed by atoms with Crippen LogP contribution in [0.3, 0.4) is 0 Å². The second-order valence-corrected chi connectivity index (χ2v) is 6.88. The lowest BCUT2D eigenvalue weighted by Crippen LogP contribution is -2.38. The molecule has 0 fully saturated rings. The Kier molecular flexibility index (Phi) is 5.71. The van der Waals surface area contributed by atoms with E-state index in [4.69, 9.17) is 9.47 Å². The number of hydrogen-bond acceptors (Lipinski definition) is 4. The van der Waals surface area contributed by atoms with E-state index in [0.717, 1.165) is 17.7 Å². The number of methoxy groups -OCH3 is 2. The topological polar surface area (TPSA) is 59.6 Å². The number of urea groups is 1. The maximum atomic E-state index is 12.3. The standard InChI is InChI=1S/C19H22N2O3S/c1-23-16-8-7-13(11-17(16)24-2)12-20-19(22)21-15-9-10-25-18-6-4-3-5-14(15)18/h3-8,11,15H,9-10,12H2,1-2H3,(H2,20,21,22). The molecule has 2 N–H and O–H groups in total. The zero-order valence-corrected chi connectivity index (χ0v) is 15.2. The Morgan fingerprint density at radius 1 is 1.16 bits per heavy atom. The van der Waals surface area contributed by atoms with Gasteiger partial charge in [0.1, 0.15) is 0 Å². The lowest BCUT2D eigenvalue weighted by Gasteiger charge is -2.26. The molecule has 1 aliphatic heterocycles. The van der Waals surface area contributed by atoms with Gasteiger partial charge >= 0.3 is 6.03 Å². The van der Waals surface area contributed by atoms with Crippen molar-refractivity contribution < 1.29 is 14.3 Å². The molecule has 0 spiro atoms. The van der Waals surface area contributed by atoms with E-state index in [0.29, 0.717) is 18.0 Å². The summed E-state index contributed by atoms with van der Waals surface area (Å²) in [6, 6.07) is 13.7. The summed E-state index contributed by atoms with van der Waals surface area (Å²) in [7, 11) is 3.20. The number of carbonyl (C=O) groups excluding carboxylic acids is 1. The molecule has 0 bridgehead atoms. The van der Waals surface area contributed by atoms with E-state index in [2.05, 4.69) is 22.8 Å². The van der Waals surface area contributed by atoms with Gasteiger partial charge in [0.05, 0.1) is 20.3 Å². The van der Waals surface area contributed by atoms with Gasteiger partial charge in [-0.3, -0.25) is 0 Å². The number of thioether (sulfide) groups is 1. The average molecular weight is 358 g/mol. The Balaban J connectivity index is 1.59. The van der Waals surface area contributed by atoms with Crippen LogP contribution in [-0.2, 0) is 6.54 Å². The molecule has 0 aliphatic carbocycles. The van der Waals surface area contributed by atoms with E-state index in [1.807, 2.05) is 42.1 Å². The average Bonchev–Trinajstić information content (AvgIpc) is 2.66. The lowest BCUT2D eigenvalue weighted by atomic mass is 10.0. The van der Waals surface area contributed by atoms with Crippen LogP contribution in [-0.4, -0.2) is 26.0 Å². The molecular weight excluding hydrogens is 336 g/mol. The highest BCUT2D eigenvalue weighted by atomic mass is 32.2. The molecule has 1 heterocycles. The highest BCUT2D eigenvalue weighted by molar-refractivity contribution is 7.99. The van der Waals surface area contributed by atoms with Gasteiger partial charge in [0, 0.05) is 17.2 Å². The number of carbonyl (C=O) groups is 1. The first-order valence-electron chi connectivity index (χ1n) is 8.18. The number of nitrogens with one attached hydrogen (secondary N) is 2. The SMILES string of the molecule is COc1ccc(CNC(=O)NC2CCSc3ccccc32)cc1OC. The van der Waals surface area contributed by atoms with Gasteiger partial charge in [-0.1, -0.05) is 24.3 Å². The molecule has 5 nitrogen and oxygen atoms in total. The second kappa shape index (κ2) is 8.16. The van der Waals surface area contributed by atoms with Crippen LogP contribution in [0.4, 0.5) is 4.79 Å². The van der Waals surface area contributed by atoms with Crippen LogP contribution in [0.1, 0.15) is 23.6 Å². The summed E-state index contributed by atoms with van der Waals surface area (Å²) in [6.07, 6.45) is 0.936. The highest BCUT2D eigenvalue weighted by Gasteiger charge is 2.21. The van der Waals surface area contributed by atoms with Crippen molar-refractivity contribution in [3.05, 3.63) is 53.6 Å². The molecule has 0 radical (unpaired) electrons. The van der Waals surface area contributed by atoms with E-state index in [9.17, 15) is 4.79 Å². The minimum Gasteiger partial charge on any atom is -0.493 e. The van der Waals surface area contributed by atoms with Gasteiger partial charge in [0.25, 0.3) is 0 Å². The van der Waals surface area contributed by atoms with Crippen molar-refractivity contribution in [3.63, 3.8) is 0 Å². The number of amides is 2. The van der Waals surface area contributed by atoms with Crippen LogP contribution in [0.15, 0.2) is 47.4 Å². The van der Waals surface area contributed by atoms with Crippen LogP contribution < -0.4 is 20.1 Å². The first-order valence-corrected chi connectivity index (χ1v) is 9.17. The molecule has 1 aliphatic rings. The van der Waals surface area contributed by atoms with Crippen LogP contribution in [0.2, 0.25) is 0 Å². The molecule has 3 rings (SSSR count). The van der Waals surface area contributed by atoms with Gasteiger partial charge in [-0.05, 0) is 35.7 Å². The Morgan fingerprint density at radius 3 is 2.76 bits per heavy atom. The third-order valence-corrected chi connectivity index (χ3v) is 5.29. The van der Waals surface area contributed by atoms with Gasteiger partial charge in [-0.2, -0.15) is 0 Å². The minimum atomic E-state index is -0.165. The van der Waals surface area contributed by atoms with Gasteiger partial charge < -0.3 is 20.1 Å². The number of fused-ring (bicyclic) bond motifs is 1. The summed E-state index contributed by atoms with van der Waals surface area (Å²) >= 11 is 1.84. The molecule has 6 heteroatoms.